The summed E-state index contributed by atoms with van der Waals surface area (Å²) in [7, 11) is -3.21. The van der Waals surface area contributed by atoms with E-state index in [1.54, 1.807) is 0 Å². The molecule has 7 heteroatoms. The van der Waals surface area contributed by atoms with Crippen LogP contribution >= 0.6 is 0 Å². The van der Waals surface area contributed by atoms with Crippen LogP contribution in [-0.4, -0.2) is 24.6 Å². The lowest BCUT2D eigenvalue weighted by Crippen LogP contribution is -2.18. The van der Waals surface area contributed by atoms with E-state index in [9.17, 15) is 13.2 Å². The molecule has 6 nitrogen and oxygen atoms in total. The maximum atomic E-state index is 11.2. The minimum atomic E-state index is -3.21. The van der Waals surface area contributed by atoms with Gasteiger partial charge in [-0.2, -0.15) is 0 Å². The molecule has 0 aliphatic carbocycles. The second kappa shape index (κ2) is 3.41. The van der Waals surface area contributed by atoms with Gasteiger partial charge in [-0.25, -0.2) is 13.4 Å². The highest BCUT2D eigenvalue weighted by Gasteiger charge is 2.09. The zero-order valence-electron chi connectivity index (χ0n) is 7.86. The smallest absolute Gasteiger partial charge is 0.255 e. The summed E-state index contributed by atoms with van der Waals surface area (Å²) in [5.74, 6) is -0.180. The third-order valence-electron chi connectivity index (χ3n) is 1.64. The molecule has 1 heterocycles. The van der Waals surface area contributed by atoms with Gasteiger partial charge in [0.2, 0.25) is 0 Å². The van der Waals surface area contributed by atoms with Gasteiger partial charge in [0.25, 0.3) is 5.56 Å². The van der Waals surface area contributed by atoms with Crippen LogP contribution < -0.4 is 11.3 Å². The molecule has 1 rings (SSSR count). The lowest BCUT2D eigenvalue weighted by molar-refractivity contribution is 0.599. The van der Waals surface area contributed by atoms with Crippen LogP contribution in [0.2, 0.25) is 0 Å². The molecule has 1 aromatic heterocycles. The molecule has 1 aromatic rings. The van der Waals surface area contributed by atoms with E-state index < -0.39 is 15.4 Å². The van der Waals surface area contributed by atoms with Gasteiger partial charge in [-0.1, -0.05) is 0 Å². The van der Waals surface area contributed by atoms with Crippen molar-refractivity contribution in [3.63, 3.8) is 0 Å². The molecule has 0 fully saturated rings. The fourth-order valence-electron chi connectivity index (χ4n) is 0.915. The number of nitrogens with zero attached hydrogens (tertiary/aromatic N) is 1. The van der Waals surface area contributed by atoms with E-state index >= 15 is 0 Å². The van der Waals surface area contributed by atoms with E-state index in [0.717, 1.165) is 6.26 Å². The first-order chi connectivity index (χ1) is 6.29. The third-order valence-corrected chi connectivity index (χ3v) is 2.43. The molecule has 0 saturated carbocycles. The average molecular weight is 217 g/mol. The van der Waals surface area contributed by atoms with Crippen molar-refractivity contribution in [1.29, 1.82) is 0 Å². The number of H-pyrrole nitrogens is 1. The van der Waals surface area contributed by atoms with Crippen LogP contribution in [-0.2, 0) is 15.6 Å². The van der Waals surface area contributed by atoms with Crippen molar-refractivity contribution in [3.8, 4) is 0 Å². The normalized spacial score (nSPS) is 11.6. The van der Waals surface area contributed by atoms with Crippen LogP contribution in [0, 0.1) is 6.92 Å². The highest BCUT2D eigenvalue weighted by atomic mass is 32.2. The Hall–Kier alpha value is -1.37. The molecular weight excluding hydrogens is 206 g/mol. The summed E-state index contributed by atoms with van der Waals surface area (Å²) in [5, 5.41) is 0. The highest BCUT2D eigenvalue weighted by Crippen LogP contribution is 2.02. The van der Waals surface area contributed by atoms with Crippen LogP contribution in [0.3, 0.4) is 0 Å². The Morgan fingerprint density at radius 2 is 2.07 bits per heavy atom. The Morgan fingerprint density at radius 3 is 2.50 bits per heavy atom. The molecule has 0 bridgehead atoms. The Balaban J connectivity index is 3.21. The van der Waals surface area contributed by atoms with Crippen molar-refractivity contribution >= 4 is 15.7 Å². The summed E-state index contributed by atoms with van der Waals surface area (Å²) >= 11 is 0. The van der Waals surface area contributed by atoms with Gasteiger partial charge in [-0.05, 0) is 6.92 Å². The SMILES string of the molecule is Cc1c(N)nc(CS(C)(=O)=O)[nH]c1=O. The van der Waals surface area contributed by atoms with Gasteiger partial charge in [0.15, 0.2) is 9.84 Å². The Morgan fingerprint density at radius 1 is 1.50 bits per heavy atom. The van der Waals surface area contributed by atoms with Gasteiger partial charge in [0, 0.05) is 6.26 Å². The Kier molecular flexibility index (Phi) is 2.61. The quantitative estimate of drug-likeness (QED) is 0.675. The number of sulfone groups is 1. The van der Waals surface area contributed by atoms with E-state index in [2.05, 4.69) is 9.97 Å². The van der Waals surface area contributed by atoms with E-state index in [0.29, 0.717) is 5.56 Å². The second-order valence-corrected chi connectivity index (χ2v) is 5.23. The van der Waals surface area contributed by atoms with Gasteiger partial charge in [-0.15, -0.1) is 0 Å². The lowest BCUT2D eigenvalue weighted by atomic mass is 10.3. The summed E-state index contributed by atoms with van der Waals surface area (Å²) < 4.78 is 21.8. The fourth-order valence-corrected chi connectivity index (χ4v) is 1.55. The molecule has 3 N–H and O–H groups in total. The Labute approximate surface area is 81.1 Å². The predicted octanol–water partition coefficient (Wildman–Crippen LogP) is -0.795. The number of aromatic amines is 1. The molecule has 0 atom stereocenters. The van der Waals surface area contributed by atoms with Gasteiger partial charge >= 0.3 is 0 Å². The first-order valence-electron chi connectivity index (χ1n) is 3.82. The standard InChI is InChI=1S/C7H11N3O3S/c1-4-6(8)9-5(10-7(4)11)3-14(2,12)13/h3H2,1-2H3,(H3,8,9,10,11). The number of hydrogen-bond donors (Lipinski definition) is 2. The maximum Gasteiger partial charge on any atom is 0.255 e. The number of anilines is 1. The summed E-state index contributed by atoms with van der Waals surface area (Å²) in [5.41, 5.74) is 5.30. The van der Waals surface area contributed by atoms with Crippen LogP contribution in [0.4, 0.5) is 5.82 Å². The molecule has 0 radical (unpaired) electrons. The van der Waals surface area contributed by atoms with E-state index in [1.807, 2.05) is 0 Å². The van der Waals surface area contributed by atoms with Gasteiger partial charge < -0.3 is 10.7 Å². The summed E-state index contributed by atoms with van der Waals surface area (Å²) in [6.07, 6.45) is 1.06. The number of hydrogen-bond acceptors (Lipinski definition) is 5. The fraction of sp³-hybridized carbons (Fsp3) is 0.429. The molecule has 14 heavy (non-hydrogen) atoms. The first kappa shape index (κ1) is 10.7. The van der Waals surface area contributed by atoms with Crippen molar-refractivity contribution in [2.24, 2.45) is 0 Å². The van der Waals surface area contributed by atoms with E-state index in [4.69, 9.17) is 5.73 Å². The molecule has 0 saturated heterocycles. The van der Waals surface area contributed by atoms with Crippen molar-refractivity contribution in [1.82, 2.24) is 9.97 Å². The minimum absolute atomic E-state index is 0.0624. The van der Waals surface area contributed by atoms with Gasteiger partial charge in [0.05, 0.1) is 5.56 Å². The van der Waals surface area contributed by atoms with E-state index in [1.165, 1.54) is 6.92 Å². The van der Waals surface area contributed by atoms with Gasteiger partial charge in [0.1, 0.15) is 17.4 Å². The monoisotopic (exact) mass is 217 g/mol. The molecule has 0 spiro atoms. The van der Waals surface area contributed by atoms with Gasteiger partial charge in [-0.3, -0.25) is 4.79 Å². The number of rotatable bonds is 2. The second-order valence-electron chi connectivity index (χ2n) is 3.09. The average Bonchev–Trinajstić information content (AvgIpc) is 1.96. The minimum Gasteiger partial charge on any atom is -0.383 e. The number of nitrogens with two attached hydrogens (primary N) is 1. The number of nitrogen functional groups attached to an aromatic ring is 1. The van der Waals surface area contributed by atoms with Crippen molar-refractivity contribution in [3.05, 3.63) is 21.7 Å². The largest absolute Gasteiger partial charge is 0.383 e. The predicted molar refractivity (Wildman–Crippen MR) is 52.6 cm³/mol. The molecule has 0 unspecified atom stereocenters. The summed E-state index contributed by atoms with van der Waals surface area (Å²) in [4.78, 5) is 17.3. The summed E-state index contributed by atoms with van der Waals surface area (Å²) in [6, 6.07) is 0. The molecule has 0 aromatic carbocycles. The van der Waals surface area contributed by atoms with Crippen LogP contribution in [0.5, 0.6) is 0 Å². The van der Waals surface area contributed by atoms with Crippen molar-refractivity contribution in [2.75, 3.05) is 12.0 Å². The van der Waals surface area contributed by atoms with E-state index in [-0.39, 0.29) is 17.4 Å². The zero-order chi connectivity index (χ0) is 10.9. The number of nitrogens with one attached hydrogen (secondary N) is 1. The zero-order valence-corrected chi connectivity index (χ0v) is 8.68. The molecular formula is C7H11N3O3S. The molecule has 78 valence electrons. The lowest BCUT2D eigenvalue weighted by Gasteiger charge is -2.02. The maximum absolute atomic E-state index is 11.2. The summed E-state index contributed by atoms with van der Waals surface area (Å²) in [6.45, 7) is 1.52. The molecule has 0 amide bonds. The van der Waals surface area contributed by atoms with Crippen molar-refractivity contribution in [2.45, 2.75) is 12.7 Å². The van der Waals surface area contributed by atoms with Crippen molar-refractivity contribution < 1.29 is 8.42 Å². The topological polar surface area (TPSA) is 106 Å². The van der Waals surface area contributed by atoms with Crippen LogP contribution in [0.15, 0.2) is 4.79 Å². The number of aromatic nitrogens is 2. The van der Waals surface area contributed by atoms with Crippen LogP contribution in [0.1, 0.15) is 11.4 Å². The highest BCUT2D eigenvalue weighted by molar-refractivity contribution is 7.89. The molecule has 0 aliphatic rings. The first-order valence-corrected chi connectivity index (χ1v) is 5.88. The van der Waals surface area contributed by atoms with Crippen LogP contribution in [0.25, 0.3) is 0 Å². The third kappa shape index (κ3) is 2.56. The molecule has 0 aliphatic heterocycles. The Bertz CT molecular complexity index is 503.